The largest absolute Gasteiger partial charge is 0.404 e. The van der Waals surface area contributed by atoms with Crippen LogP contribution in [0, 0.1) is 5.92 Å². The molecule has 1 saturated heterocycles. The SMILES string of the molecule is N/C=C(\C1=NCCN(CC2CC2)C1)c1c[nH]c2c(-c3ccncc3)nc(N3CCOCC3)nc12. The van der Waals surface area contributed by atoms with Crippen LogP contribution >= 0.6 is 0 Å². The van der Waals surface area contributed by atoms with Crippen LogP contribution in [-0.4, -0.2) is 83.0 Å². The molecule has 9 nitrogen and oxygen atoms in total. The fraction of sp³-hybridized carbons (Fsp3) is 0.440. The van der Waals surface area contributed by atoms with Gasteiger partial charge in [-0.05, 0) is 30.9 Å². The number of aromatic nitrogens is 4. The first-order valence-electron chi connectivity index (χ1n) is 12.1. The fourth-order valence-corrected chi connectivity index (χ4v) is 4.82. The molecule has 0 spiro atoms. The molecule has 3 aromatic rings. The van der Waals surface area contributed by atoms with Gasteiger partial charge in [0.1, 0.15) is 11.2 Å². The van der Waals surface area contributed by atoms with Crippen LogP contribution in [0.2, 0.25) is 0 Å². The van der Waals surface area contributed by atoms with Crippen LogP contribution in [0.5, 0.6) is 0 Å². The van der Waals surface area contributed by atoms with Gasteiger partial charge in [0, 0.05) is 74.2 Å². The van der Waals surface area contributed by atoms with E-state index in [0.29, 0.717) is 19.2 Å². The van der Waals surface area contributed by atoms with Crippen molar-refractivity contribution in [2.75, 3.05) is 57.4 Å². The highest BCUT2D eigenvalue weighted by Gasteiger charge is 2.28. The van der Waals surface area contributed by atoms with Crippen molar-refractivity contribution < 1.29 is 4.74 Å². The van der Waals surface area contributed by atoms with Crippen LogP contribution in [0.15, 0.2) is 41.9 Å². The zero-order valence-corrected chi connectivity index (χ0v) is 19.3. The number of nitrogens with zero attached hydrogens (tertiary/aromatic N) is 6. The molecule has 0 amide bonds. The number of morpholine rings is 1. The minimum Gasteiger partial charge on any atom is -0.404 e. The summed E-state index contributed by atoms with van der Waals surface area (Å²) in [6.07, 6.45) is 9.96. The Bertz CT molecular complexity index is 1220. The zero-order valence-electron chi connectivity index (χ0n) is 19.3. The molecule has 0 unspecified atom stereocenters. The van der Waals surface area contributed by atoms with Gasteiger partial charge in [0.05, 0.1) is 31.0 Å². The quantitative estimate of drug-likeness (QED) is 0.584. The molecule has 0 radical (unpaired) electrons. The molecule has 1 saturated carbocycles. The van der Waals surface area contributed by atoms with Crippen LogP contribution in [0.25, 0.3) is 27.9 Å². The average molecular weight is 459 g/mol. The van der Waals surface area contributed by atoms with Gasteiger partial charge in [-0.2, -0.15) is 0 Å². The maximum Gasteiger partial charge on any atom is 0.226 e. The molecule has 3 aliphatic rings. The Morgan fingerprint density at radius 1 is 1.15 bits per heavy atom. The molecule has 1 aliphatic carbocycles. The van der Waals surface area contributed by atoms with E-state index < -0.39 is 0 Å². The van der Waals surface area contributed by atoms with E-state index in [9.17, 15) is 0 Å². The molecule has 0 atom stereocenters. The number of hydrogen-bond donors (Lipinski definition) is 2. The van der Waals surface area contributed by atoms with Gasteiger partial charge in [0.25, 0.3) is 0 Å². The normalized spacial score (nSPS) is 20.1. The topological polar surface area (TPSA) is 109 Å². The zero-order chi connectivity index (χ0) is 22.9. The first-order chi connectivity index (χ1) is 16.8. The van der Waals surface area contributed by atoms with Gasteiger partial charge in [0.2, 0.25) is 5.95 Å². The molecule has 9 heteroatoms. The Balaban J connectivity index is 1.42. The number of anilines is 1. The van der Waals surface area contributed by atoms with Crippen LogP contribution in [0.4, 0.5) is 5.95 Å². The Kier molecular flexibility index (Phi) is 5.72. The lowest BCUT2D eigenvalue weighted by molar-refractivity contribution is 0.122. The number of hydrogen-bond acceptors (Lipinski definition) is 8. The number of nitrogens with two attached hydrogens (primary N) is 1. The highest BCUT2D eigenvalue weighted by atomic mass is 16.5. The van der Waals surface area contributed by atoms with Gasteiger partial charge in [-0.25, -0.2) is 9.97 Å². The summed E-state index contributed by atoms with van der Waals surface area (Å²) in [5.41, 5.74) is 12.8. The van der Waals surface area contributed by atoms with Crippen molar-refractivity contribution in [1.29, 1.82) is 0 Å². The van der Waals surface area contributed by atoms with E-state index in [2.05, 4.69) is 19.8 Å². The predicted molar refractivity (Wildman–Crippen MR) is 134 cm³/mol. The minimum atomic E-state index is 0.674. The van der Waals surface area contributed by atoms with Crippen molar-refractivity contribution in [3.63, 3.8) is 0 Å². The molecule has 34 heavy (non-hydrogen) atoms. The Morgan fingerprint density at radius 2 is 1.97 bits per heavy atom. The molecule has 0 bridgehead atoms. The third-order valence-electron chi connectivity index (χ3n) is 6.83. The number of ether oxygens (including phenoxy) is 1. The summed E-state index contributed by atoms with van der Waals surface area (Å²) in [4.78, 5) is 27.2. The van der Waals surface area contributed by atoms with Gasteiger partial charge < -0.3 is 20.4 Å². The molecular weight excluding hydrogens is 428 g/mol. The maximum absolute atomic E-state index is 6.22. The summed E-state index contributed by atoms with van der Waals surface area (Å²) >= 11 is 0. The maximum atomic E-state index is 6.22. The average Bonchev–Trinajstić information content (AvgIpc) is 3.62. The second kappa shape index (κ2) is 9.15. The van der Waals surface area contributed by atoms with Crippen LogP contribution in [0.3, 0.4) is 0 Å². The number of rotatable bonds is 6. The summed E-state index contributed by atoms with van der Waals surface area (Å²) in [5, 5.41) is 0. The van der Waals surface area contributed by atoms with Gasteiger partial charge >= 0.3 is 0 Å². The lowest BCUT2D eigenvalue weighted by Gasteiger charge is -2.28. The van der Waals surface area contributed by atoms with Crippen molar-refractivity contribution in [2.24, 2.45) is 16.6 Å². The molecule has 176 valence electrons. The number of aromatic amines is 1. The fourth-order valence-electron chi connectivity index (χ4n) is 4.82. The molecule has 3 aromatic heterocycles. The van der Waals surface area contributed by atoms with Crippen molar-refractivity contribution in [3.8, 4) is 11.3 Å². The third-order valence-corrected chi connectivity index (χ3v) is 6.83. The van der Waals surface area contributed by atoms with E-state index in [4.69, 9.17) is 25.4 Å². The molecular formula is C25H30N8O. The Hall–Kier alpha value is -3.30. The van der Waals surface area contributed by atoms with Crippen LogP contribution < -0.4 is 10.6 Å². The number of pyridine rings is 1. The molecule has 3 N–H and O–H groups in total. The van der Waals surface area contributed by atoms with Gasteiger partial charge in [-0.3, -0.25) is 14.9 Å². The predicted octanol–water partition coefficient (Wildman–Crippen LogP) is 2.32. The van der Waals surface area contributed by atoms with E-state index >= 15 is 0 Å². The number of H-pyrrole nitrogens is 1. The highest BCUT2D eigenvalue weighted by molar-refractivity contribution is 6.27. The first kappa shape index (κ1) is 21.2. The van der Waals surface area contributed by atoms with E-state index in [-0.39, 0.29) is 0 Å². The summed E-state index contributed by atoms with van der Waals surface area (Å²) < 4.78 is 5.55. The molecule has 5 heterocycles. The first-order valence-corrected chi connectivity index (χ1v) is 12.1. The lowest BCUT2D eigenvalue weighted by atomic mass is 10.0. The number of nitrogens with one attached hydrogen (secondary N) is 1. The van der Waals surface area contributed by atoms with Crippen molar-refractivity contribution >= 4 is 28.3 Å². The van der Waals surface area contributed by atoms with Gasteiger partial charge in [0.15, 0.2) is 0 Å². The monoisotopic (exact) mass is 458 g/mol. The van der Waals surface area contributed by atoms with Gasteiger partial charge in [-0.1, -0.05) is 0 Å². The molecule has 2 aliphatic heterocycles. The Labute approximate surface area is 198 Å². The smallest absolute Gasteiger partial charge is 0.226 e. The second-order valence-electron chi connectivity index (χ2n) is 9.22. The third kappa shape index (κ3) is 4.17. The standard InChI is InChI=1S/C25H30N8O/c26-13-19(21-16-32(8-7-28-21)15-17-1-2-17)20-14-29-24-22(18-3-5-27-6-4-18)30-25(31-23(20)24)33-9-11-34-12-10-33/h3-6,13-14,17,29H,1-2,7-12,15-16,26H2/b19-13-. The van der Waals surface area contributed by atoms with Crippen molar-refractivity contribution in [2.45, 2.75) is 12.8 Å². The van der Waals surface area contributed by atoms with Crippen molar-refractivity contribution in [1.82, 2.24) is 24.8 Å². The van der Waals surface area contributed by atoms with E-state index in [1.807, 2.05) is 18.3 Å². The lowest BCUT2D eigenvalue weighted by Crippen LogP contribution is -2.38. The summed E-state index contributed by atoms with van der Waals surface area (Å²) in [6, 6.07) is 3.96. The summed E-state index contributed by atoms with van der Waals surface area (Å²) in [6.45, 7) is 6.68. The minimum absolute atomic E-state index is 0.674. The molecule has 6 rings (SSSR count). The van der Waals surface area contributed by atoms with Gasteiger partial charge in [-0.15, -0.1) is 0 Å². The summed E-state index contributed by atoms with van der Waals surface area (Å²) in [5.74, 6) is 1.56. The number of fused-ring (bicyclic) bond motifs is 1. The summed E-state index contributed by atoms with van der Waals surface area (Å²) in [7, 11) is 0. The van der Waals surface area contributed by atoms with E-state index in [1.165, 1.54) is 12.8 Å². The van der Waals surface area contributed by atoms with Crippen LogP contribution in [0.1, 0.15) is 18.4 Å². The molecule has 2 fully saturated rings. The van der Waals surface area contributed by atoms with Crippen molar-refractivity contribution in [3.05, 3.63) is 42.5 Å². The second-order valence-corrected chi connectivity index (χ2v) is 9.22. The number of aliphatic imine (C=N–C) groups is 1. The Morgan fingerprint density at radius 3 is 2.74 bits per heavy atom. The van der Waals surface area contributed by atoms with Crippen LogP contribution in [-0.2, 0) is 4.74 Å². The highest BCUT2D eigenvalue weighted by Crippen LogP contribution is 2.34. The van der Waals surface area contributed by atoms with E-state index in [0.717, 1.165) is 84.3 Å². The molecule has 0 aromatic carbocycles. The van der Waals surface area contributed by atoms with E-state index in [1.54, 1.807) is 18.6 Å².